The summed E-state index contributed by atoms with van der Waals surface area (Å²) >= 11 is 1.74. The molecule has 20 heavy (non-hydrogen) atoms. The van der Waals surface area contributed by atoms with Crippen LogP contribution in [0.5, 0.6) is 0 Å². The smallest absolute Gasteiger partial charge is 0.306 e. The topological polar surface area (TPSA) is 49.3 Å². The average molecular weight is 293 g/mol. The zero-order valence-electron chi connectivity index (χ0n) is 12.0. The summed E-state index contributed by atoms with van der Waals surface area (Å²) in [6.45, 7) is 1.62. The maximum Gasteiger partial charge on any atom is 0.306 e. The van der Waals surface area contributed by atoms with Gasteiger partial charge in [0.1, 0.15) is 0 Å². The van der Waals surface area contributed by atoms with Crippen LogP contribution < -0.4 is 5.32 Å². The zero-order valence-corrected chi connectivity index (χ0v) is 12.8. The summed E-state index contributed by atoms with van der Waals surface area (Å²) in [6, 6.07) is 8.52. The number of aliphatic carboxylic acids is 1. The number of nitrogens with one attached hydrogen (secondary N) is 1. The molecule has 2 rings (SSSR count). The first-order valence-corrected chi connectivity index (χ1v) is 8.49. The van der Waals surface area contributed by atoms with Crippen LogP contribution in [0.4, 0.5) is 0 Å². The largest absolute Gasteiger partial charge is 0.481 e. The Morgan fingerprint density at radius 2 is 2.00 bits per heavy atom. The molecule has 1 aromatic rings. The van der Waals surface area contributed by atoms with Crippen molar-refractivity contribution in [3.05, 3.63) is 29.8 Å². The Kier molecular flexibility index (Phi) is 5.92. The van der Waals surface area contributed by atoms with Crippen LogP contribution in [0, 0.1) is 11.8 Å². The van der Waals surface area contributed by atoms with Crippen molar-refractivity contribution in [2.24, 2.45) is 11.8 Å². The van der Waals surface area contributed by atoms with Gasteiger partial charge < -0.3 is 10.4 Å². The van der Waals surface area contributed by atoms with Crippen molar-refractivity contribution < 1.29 is 9.90 Å². The van der Waals surface area contributed by atoms with E-state index in [9.17, 15) is 9.90 Å². The minimum absolute atomic E-state index is 0.157. The van der Waals surface area contributed by atoms with Gasteiger partial charge in [0.2, 0.25) is 0 Å². The fourth-order valence-corrected chi connectivity index (χ4v) is 3.33. The molecule has 0 saturated heterocycles. The van der Waals surface area contributed by atoms with E-state index in [1.165, 1.54) is 16.9 Å². The Bertz CT molecular complexity index is 433. The molecule has 0 heterocycles. The minimum Gasteiger partial charge on any atom is -0.481 e. The van der Waals surface area contributed by atoms with Gasteiger partial charge in [-0.3, -0.25) is 4.79 Å². The summed E-state index contributed by atoms with van der Waals surface area (Å²) < 4.78 is 0. The molecule has 0 aromatic heterocycles. The van der Waals surface area contributed by atoms with Crippen LogP contribution in [0.15, 0.2) is 29.2 Å². The summed E-state index contributed by atoms with van der Waals surface area (Å²) in [5, 5.41) is 12.7. The number of hydrogen-bond acceptors (Lipinski definition) is 3. The molecule has 0 amide bonds. The second kappa shape index (κ2) is 7.70. The molecule has 1 saturated carbocycles. The average Bonchev–Trinajstić information content (AvgIpc) is 2.48. The molecule has 1 aliphatic rings. The lowest BCUT2D eigenvalue weighted by molar-refractivity contribution is -0.144. The second-order valence-corrected chi connectivity index (χ2v) is 6.35. The number of benzene rings is 1. The van der Waals surface area contributed by atoms with E-state index in [-0.39, 0.29) is 11.8 Å². The summed E-state index contributed by atoms with van der Waals surface area (Å²) in [5.74, 6) is -0.498. The molecule has 2 unspecified atom stereocenters. The molecule has 0 bridgehead atoms. The molecule has 110 valence electrons. The molecule has 1 aliphatic carbocycles. The number of carboxylic acids is 1. The maximum atomic E-state index is 11.2. The maximum absolute atomic E-state index is 11.2. The number of hydrogen-bond donors (Lipinski definition) is 2. The van der Waals surface area contributed by atoms with Gasteiger partial charge in [-0.1, -0.05) is 25.0 Å². The van der Waals surface area contributed by atoms with Crippen molar-refractivity contribution in [3.8, 4) is 0 Å². The van der Waals surface area contributed by atoms with Gasteiger partial charge in [-0.2, -0.15) is 0 Å². The van der Waals surface area contributed by atoms with Crippen molar-refractivity contribution in [2.75, 3.05) is 12.8 Å². The third-order valence-corrected chi connectivity index (χ3v) is 4.86. The monoisotopic (exact) mass is 293 g/mol. The first kappa shape index (κ1) is 15.4. The van der Waals surface area contributed by atoms with Gasteiger partial charge in [-0.25, -0.2) is 0 Å². The molecule has 2 atom stereocenters. The second-order valence-electron chi connectivity index (χ2n) is 5.47. The Hall–Kier alpha value is -1.00. The van der Waals surface area contributed by atoms with Crippen molar-refractivity contribution in [1.29, 1.82) is 0 Å². The van der Waals surface area contributed by atoms with Crippen LogP contribution in [0.3, 0.4) is 0 Å². The lowest BCUT2D eigenvalue weighted by Gasteiger charge is -2.28. The van der Waals surface area contributed by atoms with E-state index < -0.39 is 5.97 Å². The Morgan fingerprint density at radius 3 is 2.65 bits per heavy atom. The summed E-state index contributed by atoms with van der Waals surface area (Å²) in [7, 11) is 0. The lowest BCUT2D eigenvalue weighted by Crippen LogP contribution is -2.34. The Morgan fingerprint density at radius 1 is 1.30 bits per heavy atom. The molecule has 0 spiro atoms. The van der Waals surface area contributed by atoms with Gasteiger partial charge in [-0.05, 0) is 49.3 Å². The van der Waals surface area contributed by atoms with Gasteiger partial charge in [-0.15, -0.1) is 11.8 Å². The van der Waals surface area contributed by atoms with E-state index in [4.69, 9.17) is 0 Å². The third-order valence-electron chi connectivity index (χ3n) is 4.12. The highest BCUT2D eigenvalue weighted by molar-refractivity contribution is 7.98. The zero-order chi connectivity index (χ0) is 14.4. The number of rotatable bonds is 6. The van der Waals surface area contributed by atoms with Gasteiger partial charge in [0, 0.05) is 11.4 Å². The first-order chi connectivity index (χ1) is 9.70. The van der Waals surface area contributed by atoms with E-state index >= 15 is 0 Å². The third kappa shape index (κ3) is 4.25. The van der Waals surface area contributed by atoms with Crippen molar-refractivity contribution in [1.82, 2.24) is 5.32 Å². The number of thioether (sulfide) groups is 1. The standard InChI is InChI=1S/C16H23NO2S/c1-20-14-8-6-12(7-9-14)10-17-11-13-4-2-3-5-15(13)16(18)19/h6-9,13,15,17H,2-5,10-11H2,1H3,(H,18,19). The summed E-state index contributed by atoms with van der Waals surface area (Å²) in [4.78, 5) is 12.5. The fourth-order valence-electron chi connectivity index (χ4n) is 2.92. The lowest BCUT2D eigenvalue weighted by atomic mass is 9.79. The number of carboxylic acid groups (broad SMARTS) is 1. The molecule has 0 aliphatic heterocycles. The van der Waals surface area contributed by atoms with Crippen LogP contribution in [0.2, 0.25) is 0 Å². The Labute approximate surface area is 125 Å². The van der Waals surface area contributed by atoms with Crippen molar-refractivity contribution in [2.45, 2.75) is 37.1 Å². The quantitative estimate of drug-likeness (QED) is 0.789. The van der Waals surface area contributed by atoms with Crippen LogP contribution in [0.25, 0.3) is 0 Å². The first-order valence-electron chi connectivity index (χ1n) is 7.27. The molecule has 1 fully saturated rings. The molecule has 3 nitrogen and oxygen atoms in total. The van der Waals surface area contributed by atoms with Crippen LogP contribution in [0.1, 0.15) is 31.2 Å². The van der Waals surface area contributed by atoms with E-state index in [0.717, 1.165) is 32.4 Å². The predicted molar refractivity (Wildman–Crippen MR) is 83.0 cm³/mol. The van der Waals surface area contributed by atoms with Gasteiger partial charge in [0.25, 0.3) is 0 Å². The van der Waals surface area contributed by atoms with Crippen LogP contribution in [-0.2, 0) is 11.3 Å². The van der Waals surface area contributed by atoms with E-state index in [1.54, 1.807) is 11.8 Å². The molecule has 4 heteroatoms. The SMILES string of the molecule is CSc1ccc(CNCC2CCCCC2C(=O)O)cc1. The van der Waals surface area contributed by atoms with E-state index in [2.05, 4.69) is 35.8 Å². The van der Waals surface area contributed by atoms with Gasteiger partial charge in [0.15, 0.2) is 0 Å². The Balaban J connectivity index is 1.80. The number of carbonyl (C=O) groups is 1. The van der Waals surface area contributed by atoms with E-state index in [0.29, 0.717) is 0 Å². The predicted octanol–water partition coefficient (Wildman–Crippen LogP) is 3.39. The van der Waals surface area contributed by atoms with Gasteiger partial charge in [0.05, 0.1) is 5.92 Å². The highest BCUT2D eigenvalue weighted by Gasteiger charge is 2.30. The molecular formula is C16H23NO2S. The van der Waals surface area contributed by atoms with Crippen LogP contribution in [-0.4, -0.2) is 23.9 Å². The van der Waals surface area contributed by atoms with E-state index in [1.807, 2.05) is 0 Å². The molecule has 1 aromatic carbocycles. The highest BCUT2D eigenvalue weighted by atomic mass is 32.2. The fraction of sp³-hybridized carbons (Fsp3) is 0.562. The molecule has 0 radical (unpaired) electrons. The summed E-state index contributed by atoms with van der Waals surface area (Å²) in [5.41, 5.74) is 1.26. The molecular weight excluding hydrogens is 270 g/mol. The van der Waals surface area contributed by atoms with Crippen molar-refractivity contribution >= 4 is 17.7 Å². The van der Waals surface area contributed by atoms with Crippen LogP contribution >= 0.6 is 11.8 Å². The molecule has 2 N–H and O–H groups in total. The summed E-state index contributed by atoms with van der Waals surface area (Å²) in [6.07, 6.45) is 6.17. The van der Waals surface area contributed by atoms with Gasteiger partial charge >= 0.3 is 5.97 Å². The normalized spacial score (nSPS) is 22.6. The minimum atomic E-state index is -0.624. The highest BCUT2D eigenvalue weighted by Crippen LogP contribution is 2.29. The van der Waals surface area contributed by atoms with Crippen molar-refractivity contribution in [3.63, 3.8) is 0 Å².